The number of hydrogen-bond acceptors (Lipinski definition) is 2. The van der Waals surface area contributed by atoms with Gasteiger partial charge in [-0.15, -0.1) is 0 Å². The van der Waals surface area contributed by atoms with Gasteiger partial charge < -0.3 is 5.11 Å². The van der Waals surface area contributed by atoms with Crippen LogP contribution < -0.4 is 0 Å². The highest BCUT2D eigenvalue weighted by Gasteiger charge is 2.24. The molecular weight excluding hydrogens is 292 g/mol. The molecule has 1 aromatic heterocycles. The molecule has 102 valence electrons. The van der Waals surface area contributed by atoms with Gasteiger partial charge in [0.15, 0.2) is 0 Å². The highest BCUT2D eigenvalue weighted by atomic mass is 79.9. The van der Waals surface area contributed by atoms with Crippen molar-refractivity contribution in [1.29, 1.82) is 0 Å². The first-order chi connectivity index (χ1) is 8.63. The van der Waals surface area contributed by atoms with Crippen LogP contribution in [-0.2, 0) is 19.9 Å². The summed E-state index contributed by atoms with van der Waals surface area (Å²) in [5.74, 6) is 0.393. The van der Waals surface area contributed by atoms with Crippen molar-refractivity contribution in [2.24, 2.45) is 13.0 Å². The zero-order chi connectivity index (χ0) is 13.1. The van der Waals surface area contributed by atoms with Gasteiger partial charge in [-0.1, -0.05) is 26.2 Å². The van der Waals surface area contributed by atoms with Crippen molar-refractivity contribution >= 4 is 15.9 Å². The van der Waals surface area contributed by atoms with E-state index in [-0.39, 0.29) is 6.10 Å². The van der Waals surface area contributed by atoms with Crippen LogP contribution in [0.3, 0.4) is 0 Å². The summed E-state index contributed by atoms with van der Waals surface area (Å²) in [5.41, 5.74) is 2.36. The molecule has 0 bridgehead atoms. The Bertz CT molecular complexity index is 403. The van der Waals surface area contributed by atoms with Gasteiger partial charge in [0.1, 0.15) is 0 Å². The molecule has 0 spiro atoms. The van der Waals surface area contributed by atoms with Gasteiger partial charge >= 0.3 is 0 Å². The molecule has 0 saturated heterocycles. The van der Waals surface area contributed by atoms with E-state index in [1.54, 1.807) is 0 Å². The third-order valence-corrected chi connectivity index (χ3v) is 4.99. The van der Waals surface area contributed by atoms with E-state index in [1.807, 2.05) is 11.7 Å². The molecule has 2 rings (SSSR count). The Kier molecular flexibility index (Phi) is 4.84. The van der Waals surface area contributed by atoms with Crippen molar-refractivity contribution in [2.45, 2.75) is 58.0 Å². The standard InChI is InChI=1S/C14H23BrN2O/c1-3-11-14(15)12(17(2)16-11)9-10-7-5-4-6-8-13(10)18/h10,13,18H,3-9H2,1-2H3. The average Bonchev–Trinajstić information content (AvgIpc) is 2.52. The van der Waals surface area contributed by atoms with Crippen LogP contribution in [0.2, 0.25) is 0 Å². The molecule has 2 unspecified atom stereocenters. The average molecular weight is 315 g/mol. The molecular formula is C14H23BrN2O. The van der Waals surface area contributed by atoms with Crippen LogP contribution in [0.4, 0.5) is 0 Å². The molecule has 18 heavy (non-hydrogen) atoms. The maximum atomic E-state index is 10.2. The van der Waals surface area contributed by atoms with Gasteiger partial charge in [-0.2, -0.15) is 5.10 Å². The Morgan fingerprint density at radius 3 is 2.72 bits per heavy atom. The predicted molar refractivity (Wildman–Crippen MR) is 76.6 cm³/mol. The molecule has 3 nitrogen and oxygen atoms in total. The summed E-state index contributed by atoms with van der Waals surface area (Å²) in [6.07, 6.45) is 7.52. The van der Waals surface area contributed by atoms with Crippen LogP contribution in [0.25, 0.3) is 0 Å². The van der Waals surface area contributed by atoms with E-state index in [2.05, 4.69) is 28.0 Å². The smallest absolute Gasteiger partial charge is 0.0766 e. The maximum Gasteiger partial charge on any atom is 0.0766 e. The van der Waals surface area contributed by atoms with E-state index >= 15 is 0 Å². The fraction of sp³-hybridized carbons (Fsp3) is 0.786. The normalized spacial score (nSPS) is 25.1. The van der Waals surface area contributed by atoms with Gasteiger partial charge in [-0.05, 0) is 47.5 Å². The second-order valence-electron chi connectivity index (χ2n) is 5.35. The lowest BCUT2D eigenvalue weighted by Crippen LogP contribution is -2.22. The number of nitrogens with zero attached hydrogens (tertiary/aromatic N) is 2. The summed E-state index contributed by atoms with van der Waals surface area (Å²) in [5, 5.41) is 14.7. The molecule has 0 amide bonds. The fourth-order valence-corrected chi connectivity index (χ4v) is 3.67. The minimum absolute atomic E-state index is 0.139. The van der Waals surface area contributed by atoms with E-state index in [0.717, 1.165) is 35.8 Å². The Hall–Kier alpha value is -0.350. The fourth-order valence-electron chi connectivity index (χ4n) is 2.89. The number of aliphatic hydroxyl groups excluding tert-OH is 1. The van der Waals surface area contributed by atoms with Crippen molar-refractivity contribution in [3.63, 3.8) is 0 Å². The quantitative estimate of drug-likeness (QED) is 0.870. The van der Waals surface area contributed by atoms with Gasteiger partial charge in [0.05, 0.1) is 22.0 Å². The minimum atomic E-state index is -0.139. The van der Waals surface area contributed by atoms with Crippen molar-refractivity contribution in [3.8, 4) is 0 Å². The Labute approximate surface area is 118 Å². The molecule has 2 atom stereocenters. The number of hydrogen-bond donors (Lipinski definition) is 1. The van der Waals surface area contributed by atoms with Gasteiger partial charge in [0.2, 0.25) is 0 Å². The zero-order valence-corrected chi connectivity index (χ0v) is 12.9. The van der Waals surface area contributed by atoms with Crippen LogP contribution in [0.1, 0.15) is 50.4 Å². The minimum Gasteiger partial charge on any atom is -0.393 e. The van der Waals surface area contributed by atoms with E-state index in [9.17, 15) is 5.11 Å². The molecule has 0 aromatic carbocycles. The SMILES string of the molecule is CCc1nn(C)c(CC2CCCCCC2O)c1Br. The second kappa shape index (κ2) is 6.20. The lowest BCUT2D eigenvalue weighted by atomic mass is 9.92. The van der Waals surface area contributed by atoms with E-state index in [1.165, 1.54) is 25.0 Å². The number of halogens is 1. The van der Waals surface area contributed by atoms with Crippen molar-refractivity contribution in [1.82, 2.24) is 9.78 Å². The summed E-state index contributed by atoms with van der Waals surface area (Å²) >= 11 is 3.66. The number of rotatable bonds is 3. The maximum absolute atomic E-state index is 10.2. The first kappa shape index (κ1) is 14.1. The highest BCUT2D eigenvalue weighted by Crippen LogP contribution is 2.30. The van der Waals surface area contributed by atoms with Gasteiger partial charge in [-0.25, -0.2) is 0 Å². The van der Waals surface area contributed by atoms with Crippen LogP contribution in [0.15, 0.2) is 4.47 Å². The molecule has 1 saturated carbocycles. The van der Waals surface area contributed by atoms with Gasteiger partial charge in [0, 0.05) is 7.05 Å². The monoisotopic (exact) mass is 314 g/mol. The summed E-state index contributed by atoms with van der Waals surface area (Å²) in [7, 11) is 2.00. The predicted octanol–water partition coefficient (Wildman–Crippen LogP) is 3.23. The van der Waals surface area contributed by atoms with Crippen LogP contribution in [-0.4, -0.2) is 21.0 Å². The topological polar surface area (TPSA) is 38.0 Å². The summed E-state index contributed by atoms with van der Waals surface area (Å²) in [4.78, 5) is 0. The summed E-state index contributed by atoms with van der Waals surface area (Å²) in [6.45, 7) is 2.12. The van der Waals surface area contributed by atoms with Crippen LogP contribution in [0.5, 0.6) is 0 Å². The number of aliphatic hydroxyl groups is 1. The van der Waals surface area contributed by atoms with Crippen molar-refractivity contribution < 1.29 is 5.11 Å². The van der Waals surface area contributed by atoms with Gasteiger partial charge in [0.25, 0.3) is 0 Å². The Morgan fingerprint density at radius 2 is 2.06 bits per heavy atom. The summed E-state index contributed by atoms with van der Waals surface area (Å²) in [6, 6.07) is 0. The van der Waals surface area contributed by atoms with Crippen molar-refractivity contribution in [2.75, 3.05) is 0 Å². The molecule has 1 fully saturated rings. The lowest BCUT2D eigenvalue weighted by Gasteiger charge is -2.20. The Balaban J connectivity index is 2.14. The largest absolute Gasteiger partial charge is 0.393 e. The van der Waals surface area contributed by atoms with Gasteiger partial charge in [-0.3, -0.25) is 4.68 Å². The number of aryl methyl sites for hydroxylation is 2. The molecule has 0 aliphatic heterocycles. The first-order valence-corrected chi connectivity index (χ1v) is 7.81. The van der Waals surface area contributed by atoms with Crippen LogP contribution >= 0.6 is 15.9 Å². The van der Waals surface area contributed by atoms with E-state index < -0.39 is 0 Å². The molecule has 1 aromatic rings. The molecule has 1 aliphatic rings. The third kappa shape index (κ3) is 2.97. The second-order valence-corrected chi connectivity index (χ2v) is 6.15. The molecule has 1 aliphatic carbocycles. The molecule has 1 heterocycles. The van der Waals surface area contributed by atoms with Crippen molar-refractivity contribution in [3.05, 3.63) is 15.9 Å². The highest BCUT2D eigenvalue weighted by molar-refractivity contribution is 9.10. The van der Waals surface area contributed by atoms with E-state index in [4.69, 9.17) is 0 Å². The lowest BCUT2D eigenvalue weighted by molar-refractivity contribution is 0.0995. The molecule has 4 heteroatoms. The Morgan fingerprint density at radius 1 is 1.33 bits per heavy atom. The first-order valence-electron chi connectivity index (χ1n) is 7.01. The third-order valence-electron chi connectivity index (χ3n) is 4.08. The van der Waals surface area contributed by atoms with E-state index in [0.29, 0.717) is 5.92 Å². The number of aromatic nitrogens is 2. The molecule has 0 radical (unpaired) electrons. The zero-order valence-electron chi connectivity index (χ0n) is 11.3. The van der Waals surface area contributed by atoms with Crippen LogP contribution in [0, 0.1) is 5.92 Å². The molecule has 1 N–H and O–H groups in total. The summed E-state index contributed by atoms with van der Waals surface area (Å²) < 4.78 is 3.12.